The van der Waals surface area contributed by atoms with Crippen LogP contribution in [0.1, 0.15) is 51.3 Å². The molecule has 2 heterocycles. The predicted molar refractivity (Wildman–Crippen MR) is 197 cm³/mol. The molecule has 0 N–H and O–H groups in total. The first-order valence-corrected chi connectivity index (χ1v) is 16.4. The Bertz CT molecular complexity index is 2380. The molecule has 0 spiro atoms. The van der Waals surface area contributed by atoms with Crippen molar-refractivity contribution in [1.82, 2.24) is 9.13 Å². The van der Waals surface area contributed by atoms with Crippen molar-refractivity contribution in [3.63, 3.8) is 0 Å². The smallest absolute Gasteiger partial charge is 0.0544 e. The quantitative estimate of drug-likeness (QED) is 0.187. The average Bonchev–Trinajstić information content (AvgIpc) is 3.57. The molecular formula is C44H40N2. The van der Waals surface area contributed by atoms with E-state index in [-0.39, 0.29) is 10.8 Å². The van der Waals surface area contributed by atoms with Crippen LogP contribution in [0.3, 0.4) is 0 Å². The monoisotopic (exact) mass is 596 g/mol. The Hall–Kier alpha value is -5.08. The molecular weight excluding hydrogens is 556 g/mol. The van der Waals surface area contributed by atoms with Gasteiger partial charge in [-0.05, 0) is 82.5 Å². The Balaban J connectivity index is 1.23. The number of aromatic nitrogens is 2. The van der Waals surface area contributed by atoms with Crippen LogP contribution >= 0.6 is 0 Å². The van der Waals surface area contributed by atoms with Crippen molar-refractivity contribution in [1.29, 1.82) is 0 Å². The van der Waals surface area contributed by atoms with Crippen molar-refractivity contribution >= 4 is 43.6 Å². The van der Waals surface area contributed by atoms with Crippen molar-refractivity contribution in [3.05, 3.63) is 156 Å². The zero-order chi connectivity index (χ0) is 31.6. The summed E-state index contributed by atoms with van der Waals surface area (Å²) in [7, 11) is 0. The molecule has 0 atom stereocenters. The van der Waals surface area contributed by atoms with Gasteiger partial charge >= 0.3 is 0 Å². The van der Waals surface area contributed by atoms with E-state index in [1.165, 1.54) is 71.7 Å². The van der Waals surface area contributed by atoms with E-state index in [0.29, 0.717) is 0 Å². The normalized spacial score (nSPS) is 12.5. The number of hydrogen-bond acceptors (Lipinski definition) is 0. The Labute approximate surface area is 271 Å². The number of nitrogens with zero attached hydrogens (tertiary/aromatic N) is 2. The number of para-hydroxylation sites is 3. The molecule has 226 valence electrons. The largest absolute Gasteiger partial charge is 0.309 e. The van der Waals surface area contributed by atoms with Gasteiger partial charge in [-0.25, -0.2) is 0 Å². The van der Waals surface area contributed by atoms with Crippen molar-refractivity contribution in [3.8, 4) is 11.4 Å². The van der Waals surface area contributed by atoms with Gasteiger partial charge in [0.2, 0.25) is 0 Å². The molecule has 2 aromatic heterocycles. The van der Waals surface area contributed by atoms with Gasteiger partial charge in [0, 0.05) is 32.9 Å². The van der Waals surface area contributed by atoms with Gasteiger partial charge in [-0.2, -0.15) is 0 Å². The van der Waals surface area contributed by atoms with E-state index in [9.17, 15) is 0 Å². The van der Waals surface area contributed by atoms with Gasteiger partial charge in [-0.3, -0.25) is 0 Å². The Kier molecular flexibility index (Phi) is 6.48. The lowest BCUT2D eigenvalue weighted by Crippen LogP contribution is -2.20. The fourth-order valence-corrected chi connectivity index (χ4v) is 7.37. The van der Waals surface area contributed by atoms with E-state index >= 15 is 0 Å². The lowest BCUT2D eigenvalue weighted by molar-refractivity contribution is 0.523. The third-order valence-electron chi connectivity index (χ3n) is 9.85. The maximum absolute atomic E-state index is 2.44. The molecule has 2 nitrogen and oxygen atoms in total. The topological polar surface area (TPSA) is 9.86 Å². The Morgan fingerprint density at radius 2 is 0.891 bits per heavy atom. The highest BCUT2D eigenvalue weighted by Crippen LogP contribution is 2.38. The van der Waals surface area contributed by atoms with Crippen LogP contribution in [-0.4, -0.2) is 9.13 Å². The molecule has 0 aliphatic heterocycles. The van der Waals surface area contributed by atoms with Gasteiger partial charge in [-0.15, -0.1) is 0 Å². The third-order valence-corrected chi connectivity index (χ3v) is 9.85. The average molecular weight is 597 g/mol. The van der Waals surface area contributed by atoms with Gasteiger partial charge < -0.3 is 9.13 Å². The third kappa shape index (κ3) is 4.63. The molecule has 6 aromatic carbocycles. The summed E-state index contributed by atoms with van der Waals surface area (Å²) in [4.78, 5) is 0. The first-order valence-electron chi connectivity index (χ1n) is 16.4. The fraction of sp³-hybridized carbons (Fsp3) is 0.182. The Morgan fingerprint density at radius 3 is 1.50 bits per heavy atom. The summed E-state index contributed by atoms with van der Waals surface area (Å²) in [6.45, 7) is 11.6. The second-order valence-corrected chi connectivity index (χ2v) is 14.5. The van der Waals surface area contributed by atoms with Crippen LogP contribution in [0, 0.1) is 0 Å². The minimum absolute atomic E-state index is 0.0783. The van der Waals surface area contributed by atoms with E-state index in [1.807, 2.05) is 0 Å². The summed E-state index contributed by atoms with van der Waals surface area (Å²) in [5.74, 6) is 0. The predicted octanol–water partition coefficient (Wildman–Crippen LogP) is 11.7. The first kappa shape index (κ1) is 28.4. The van der Waals surface area contributed by atoms with Crippen LogP contribution in [0.4, 0.5) is 0 Å². The fourth-order valence-electron chi connectivity index (χ4n) is 7.37. The molecule has 0 saturated carbocycles. The molecule has 0 bridgehead atoms. The zero-order valence-corrected chi connectivity index (χ0v) is 27.4. The minimum Gasteiger partial charge on any atom is -0.309 e. The maximum Gasteiger partial charge on any atom is 0.0544 e. The van der Waals surface area contributed by atoms with Gasteiger partial charge in [0.05, 0.1) is 22.1 Å². The highest BCUT2D eigenvalue weighted by molar-refractivity contribution is 6.10. The molecule has 2 heteroatoms. The van der Waals surface area contributed by atoms with Gasteiger partial charge in [0.15, 0.2) is 0 Å². The zero-order valence-electron chi connectivity index (χ0n) is 27.4. The maximum atomic E-state index is 2.44. The summed E-state index contributed by atoms with van der Waals surface area (Å²) in [6, 6.07) is 51.6. The molecule has 46 heavy (non-hydrogen) atoms. The van der Waals surface area contributed by atoms with Crippen molar-refractivity contribution in [2.45, 2.75) is 51.9 Å². The molecule has 8 aromatic rings. The number of rotatable bonds is 5. The molecule has 0 amide bonds. The molecule has 0 saturated heterocycles. The summed E-state index contributed by atoms with van der Waals surface area (Å²) < 4.78 is 4.86. The summed E-state index contributed by atoms with van der Waals surface area (Å²) in [5, 5.41) is 5.18. The highest BCUT2D eigenvalue weighted by atomic mass is 15.0. The van der Waals surface area contributed by atoms with E-state index < -0.39 is 0 Å². The van der Waals surface area contributed by atoms with Crippen molar-refractivity contribution in [2.24, 2.45) is 0 Å². The molecule has 8 rings (SSSR count). The van der Waals surface area contributed by atoms with E-state index in [4.69, 9.17) is 0 Å². The summed E-state index contributed by atoms with van der Waals surface area (Å²) >= 11 is 0. The van der Waals surface area contributed by atoms with Crippen LogP contribution in [0.25, 0.3) is 55.0 Å². The van der Waals surface area contributed by atoms with E-state index in [1.54, 1.807) is 0 Å². The first-order chi connectivity index (χ1) is 22.2. The molecule has 0 fully saturated rings. The van der Waals surface area contributed by atoms with Gasteiger partial charge in [0.25, 0.3) is 0 Å². The summed E-state index contributed by atoms with van der Waals surface area (Å²) in [6.07, 6.45) is 0.935. The van der Waals surface area contributed by atoms with Crippen LogP contribution < -0.4 is 0 Å². The van der Waals surface area contributed by atoms with Gasteiger partial charge in [0.1, 0.15) is 0 Å². The lowest BCUT2D eigenvalue weighted by atomic mass is 9.79. The SMILES string of the molecule is CC(C)(C)c1ccc(-n2c3ccccc3c3ccc(CC(C)(C)c4ccc5c6ccccc6n(-c6ccccc6)c5c4)cc32)cc1. The number of hydrogen-bond donors (Lipinski definition) is 0. The molecule has 0 unspecified atom stereocenters. The van der Waals surface area contributed by atoms with Crippen LogP contribution in [0.15, 0.2) is 140 Å². The summed E-state index contributed by atoms with van der Waals surface area (Å²) in [5.41, 5.74) is 11.5. The number of benzene rings is 6. The second kappa shape index (κ2) is 10.5. The van der Waals surface area contributed by atoms with Crippen LogP contribution in [0.5, 0.6) is 0 Å². The highest BCUT2D eigenvalue weighted by Gasteiger charge is 2.24. The standard InChI is InChI=1S/C44H40N2/c1-43(2,3)31-20-23-34(24-21-31)46-40-18-12-9-15-35(40)37-25-19-30(27-41(37)46)29-44(4,5)32-22-26-38-36-16-10-11-17-39(36)45(42(38)28-32)33-13-7-6-8-14-33/h6-28H,29H2,1-5H3. The van der Waals surface area contributed by atoms with E-state index in [2.05, 4.69) is 183 Å². The van der Waals surface area contributed by atoms with Crippen LogP contribution in [-0.2, 0) is 17.3 Å². The molecule has 0 aliphatic carbocycles. The van der Waals surface area contributed by atoms with Crippen molar-refractivity contribution in [2.75, 3.05) is 0 Å². The van der Waals surface area contributed by atoms with Gasteiger partial charge in [-0.1, -0.05) is 126 Å². The Morgan fingerprint density at radius 1 is 0.413 bits per heavy atom. The van der Waals surface area contributed by atoms with Crippen molar-refractivity contribution < 1.29 is 0 Å². The number of fused-ring (bicyclic) bond motifs is 6. The minimum atomic E-state index is -0.0783. The van der Waals surface area contributed by atoms with E-state index in [0.717, 1.165) is 6.42 Å². The molecule has 0 aliphatic rings. The molecule has 0 radical (unpaired) electrons. The van der Waals surface area contributed by atoms with Crippen LogP contribution in [0.2, 0.25) is 0 Å². The second-order valence-electron chi connectivity index (χ2n) is 14.5. The lowest BCUT2D eigenvalue weighted by Gasteiger charge is -2.26.